The normalized spacial score (nSPS) is 11.0. The zero-order valence-electron chi connectivity index (χ0n) is 16.0. The van der Waals surface area contributed by atoms with Crippen LogP contribution in [0.15, 0.2) is 67.6 Å². The first-order chi connectivity index (χ1) is 14.6. The van der Waals surface area contributed by atoms with Crippen molar-refractivity contribution < 1.29 is 9.13 Å². The van der Waals surface area contributed by atoms with Crippen LogP contribution >= 0.6 is 0 Å². The Balaban J connectivity index is 1.62. The van der Waals surface area contributed by atoms with Crippen LogP contribution in [0.2, 0.25) is 0 Å². The highest BCUT2D eigenvalue weighted by Crippen LogP contribution is 2.32. The van der Waals surface area contributed by atoms with Crippen molar-refractivity contribution >= 4 is 17.7 Å². The predicted molar refractivity (Wildman–Crippen MR) is 111 cm³/mol. The second-order valence-corrected chi connectivity index (χ2v) is 6.34. The summed E-state index contributed by atoms with van der Waals surface area (Å²) in [6.07, 6.45) is 11.3. The molecule has 150 valence electrons. The van der Waals surface area contributed by atoms with Crippen LogP contribution < -0.4 is 15.8 Å². The van der Waals surface area contributed by atoms with E-state index in [1.54, 1.807) is 49.2 Å². The number of hydrogen-bond donors (Lipinski definition) is 2. The standard InChI is InChI=1S/C21H18FN7O/c1-29-12-18(27-13-29)14-9-20(17(5-6-23)26-11-14)30-19-4-3-15(10-16(19)22)28-21-24-7-2-8-25-21/h2-13H,23H2,1H3,(H,24,25,28). The van der Waals surface area contributed by atoms with Gasteiger partial charge < -0.3 is 20.4 Å². The van der Waals surface area contributed by atoms with E-state index in [0.29, 0.717) is 23.1 Å². The quantitative estimate of drug-likeness (QED) is 0.503. The minimum atomic E-state index is -0.554. The van der Waals surface area contributed by atoms with Gasteiger partial charge in [-0.05, 0) is 36.5 Å². The SMILES string of the molecule is Cn1cnc(-c2cnc(C=CN)c(Oc3ccc(Nc4ncccn4)cc3F)c2)c1. The number of benzene rings is 1. The number of imidazole rings is 1. The van der Waals surface area contributed by atoms with Crippen LogP contribution in [0, 0.1) is 5.82 Å². The van der Waals surface area contributed by atoms with Crippen molar-refractivity contribution in [3.63, 3.8) is 0 Å². The van der Waals surface area contributed by atoms with E-state index in [-0.39, 0.29) is 5.75 Å². The third-order valence-electron chi connectivity index (χ3n) is 4.11. The highest BCUT2D eigenvalue weighted by Gasteiger charge is 2.13. The van der Waals surface area contributed by atoms with Gasteiger partial charge in [0.25, 0.3) is 0 Å². The smallest absolute Gasteiger partial charge is 0.227 e. The van der Waals surface area contributed by atoms with Crippen molar-refractivity contribution in [2.75, 3.05) is 5.32 Å². The van der Waals surface area contributed by atoms with E-state index in [2.05, 4.69) is 25.3 Å². The summed E-state index contributed by atoms with van der Waals surface area (Å²) in [4.78, 5) is 16.8. The van der Waals surface area contributed by atoms with Gasteiger partial charge in [0, 0.05) is 49.2 Å². The third kappa shape index (κ3) is 4.25. The lowest BCUT2D eigenvalue weighted by Crippen LogP contribution is -1.98. The van der Waals surface area contributed by atoms with Crippen molar-refractivity contribution in [2.24, 2.45) is 12.8 Å². The average Bonchev–Trinajstić information content (AvgIpc) is 3.18. The first kappa shape index (κ1) is 19.1. The van der Waals surface area contributed by atoms with E-state index in [4.69, 9.17) is 10.5 Å². The fourth-order valence-electron chi connectivity index (χ4n) is 2.73. The molecule has 0 aliphatic heterocycles. The van der Waals surface area contributed by atoms with E-state index in [1.807, 2.05) is 17.8 Å². The van der Waals surface area contributed by atoms with Crippen molar-refractivity contribution in [3.05, 3.63) is 79.2 Å². The Labute approximate surface area is 171 Å². The molecule has 1 aromatic carbocycles. The molecule has 0 bridgehead atoms. The summed E-state index contributed by atoms with van der Waals surface area (Å²) in [5, 5.41) is 2.93. The molecule has 0 aliphatic rings. The maximum atomic E-state index is 14.7. The van der Waals surface area contributed by atoms with Crippen molar-refractivity contribution in [1.29, 1.82) is 0 Å². The van der Waals surface area contributed by atoms with E-state index in [0.717, 1.165) is 11.3 Å². The molecule has 8 nitrogen and oxygen atoms in total. The lowest BCUT2D eigenvalue weighted by Gasteiger charge is -2.12. The van der Waals surface area contributed by atoms with Crippen LogP contribution in [-0.4, -0.2) is 24.5 Å². The van der Waals surface area contributed by atoms with Gasteiger partial charge in [-0.3, -0.25) is 4.98 Å². The summed E-state index contributed by atoms with van der Waals surface area (Å²) in [6, 6.07) is 7.94. The number of halogens is 1. The minimum absolute atomic E-state index is 0.0428. The monoisotopic (exact) mass is 403 g/mol. The molecule has 4 rings (SSSR count). The number of nitrogens with one attached hydrogen (secondary N) is 1. The molecular weight excluding hydrogens is 385 g/mol. The number of hydrogen-bond acceptors (Lipinski definition) is 7. The minimum Gasteiger partial charge on any atom is -0.452 e. The summed E-state index contributed by atoms with van der Waals surface area (Å²) in [6.45, 7) is 0. The number of nitrogens with two attached hydrogens (primary N) is 1. The fourth-order valence-corrected chi connectivity index (χ4v) is 2.73. The number of pyridine rings is 1. The van der Waals surface area contributed by atoms with Gasteiger partial charge in [-0.1, -0.05) is 0 Å². The van der Waals surface area contributed by atoms with E-state index in [1.165, 1.54) is 18.3 Å². The Morgan fingerprint density at radius 1 is 1.10 bits per heavy atom. The summed E-state index contributed by atoms with van der Waals surface area (Å²) in [5.74, 6) is 0.210. The highest BCUT2D eigenvalue weighted by atomic mass is 19.1. The summed E-state index contributed by atoms with van der Waals surface area (Å²) < 4.78 is 22.4. The molecule has 3 aromatic heterocycles. The predicted octanol–water partition coefficient (Wildman–Crippen LogP) is 3.88. The molecule has 9 heteroatoms. The lowest BCUT2D eigenvalue weighted by molar-refractivity contribution is 0.440. The third-order valence-corrected chi connectivity index (χ3v) is 4.11. The zero-order valence-corrected chi connectivity index (χ0v) is 16.0. The van der Waals surface area contributed by atoms with Crippen molar-refractivity contribution in [3.8, 4) is 22.8 Å². The first-order valence-corrected chi connectivity index (χ1v) is 9.00. The molecule has 4 aromatic rings. The summed E-state index contributed by atoms with van der Waals surface area (Å²) in [5.41, 5.74) is 7.93. The van der Waals surface area contributed by atoms with Crippen LogP contribution in [0.1, 0.15) is 5.69 Å². The Kier molecular flexibility index (Phi) is 5.33. The van der Waals surface area contributed by atoms with Gasteiger partial charge in [-0.25, -0.2) is 19.3 Å². The van der Waals surface area contributed by atoms with Crippen molar-refractivity contribution in [2.45, 2.75) is 0 Å². The molecule has 0 fully saturated rings. The van der Waals surface area contributed by atoms with Crippen molar-refractivity contribution in [1.82, 2.24) is 24.5 Å². The molecule has 0 unspecified atom stereocenters. The van der Waals surface area contributed by atoms with E-state index < -0.39 is 5.82 Å². The number of aromatic nitrogens is 5. The molecule has 0 radical (unpaired) electrons. The largest absolute Gasteiger partial charge is 0.452 e. The highest BCUT2D eigenvalue weighted by molar-refractivity contribution is 5.64. The lowest BCUT2D eigenvalue weighted by atomic mass is 10.2. The molecule has 30 heavy (non-hydrogen) atoms. The van der Waals surface area contributed by atoms with Crippen LogP contribution in [0.5, 0.6) is 11.5 Å². The maximum Gasteiger partial charge on any atom is 0.227 e. The molecule has 0 spiro atoms. The molecule has 3 N–H and O–H groups in total. The zero-order chi connectivity index (χ0) is 20.9. The molecule has 0 saturated carbocycles. The summed E-state index contributed by atoms with van der Waals surface area (Å²) >= 11 is 0. The molecule has 3 heterocycles. The second kappa shape index (κ2) is 8.39. The second-order valence-electron chi connectivity index (χ2n) is 6.34. The van der Waals surface area contributed by atoms with Crippen LogP contribution in [-0.2, 0) is 7.05 Å². The number of rotatable bonds is 6. The fraction of sp³-hybridized carbons (Fsp3) is 0.0476. The Hall–Kier alpha value is -4.27. The van der Waals surface area contributed by atoms with Crippen LogP contribution in [0.4, 0.5) is 16.0 Å². The van der Waals surface area contributed by atoms with Gasteiger partial charge in [-0.15, -0.1) is 0 Å². The van der Waals surface area contributed by atoms with E-state index >= 15 is 0 Å². The Morgan fingerprint density at radius 3 is 2.63 bits per heavy atom. The van der Waals surface area contributed by atoms with Gasteiger partial charge in [0.05, 0.1) is 12.0 Å². The number of nitrogens with zero attached hydrogens (tertiary/aromatic N) is 5. The average molecular weight is 403 g/mol. The van der Waals surface area contributed by atoms with E-state index in [9.17, 15) is 4.39 Å². The number of aryl methyl sites for hydroxylation is 1. The molecule has 0 saturated heterocycles. The Morgan fingerprint density at radius 2 is 1.93 bits per heavy atom. The van der Waals surface area contributed by atoms with Gasteiger partial charge in [0.1, 0.15) is 5.69 Å². The summed E-state index contributed by atoms with van der Waals surface area (Å²) in [7, 11) is 1.87. The number of anilines is 2. The van der Waals surface area contributed by atoms with Gasteiger partial charge in [0.2, 0.25) is 5.95 Å². The first-order valence-electron chi connectivity index (χ1n) is 9.00. The van der Waals surface area contributed by atoms with Gasteiger partial charge in [0.15, 0.2) is 17.3 Å². The maximum absolute atomic E-state index is 14.7. The molecule has 0 amide bonds. The Bertz CT molecular complexity index is 1190. The molecule has 0 aliphatic carbocycles. The number of ether oxygens (including phenoxy) is 1. The molecule has 0 atom stereocenters. The van der Waals surface area contributed by atoms with Gasteiger partial charge >= 0.3 is 0 Å². The molecular formula is C21H18FN7O. The topological polar surface area (TPSA) is 104 Å². The van der Waals surface area contributed by atoms with Crippen LogP contribution in [0.25, 0.3) is 17.3 Å². The van der Waals surface area contributed by atoms with Crippen LogP contribution in [0.3, 0.4) is 0 Å². The van der Waals surface area contributed by atoms with Gasteiger partial charge in [-0.2, -0.15) is 0 Å².